The van der Waals surface area contributed by atoms with E-state index in [1.54, 1.807) is 12.1 Å². The molecule has 2 amide bonds. The van der Waals surface area contributed by atoms with Crippen molar-refractivity contribution >= 4 is 28.7 Å². The van der Waals surface area contributed by atoms with Crippen LogP contribution in [0.2, 0.25) is 0 Å². The zero-order valence-corrected chi connectivity index (χ0v) is 10.8. The summed E-state index contributed by atoms with van der Waals surface area (Å²) in [5, 5.41) is 14.5. The molecule has 1 heterocycles. The van der Waals surface area contributed by atoms with Gasteiger partial charge in [-0.2, -0.15) is 5.26 Å². The molecule has 5 nitrogen and oxygen atoms in total. The molecular weight excluding hydrogens is 260 g/mol. The summed E-state index contributed by atoms with van der Waals surface area (Å²) in [5.41, 5.74) is 6.61. The lowest BCUT2D eigenvalue weighted by atomic mass is 10.3. The Morgan fingerprint density at radius 1 is 1.21 bits per heavy atom. The minimum Gasteiger partial charge on any atom is -0.380 e. The number of nitrogens with two attached hydrogens (primary N) is 1. The number of carbonyl (C=O) groups excluding carboxylic acids is 1. The number of rotatable bonds is 4. The normalized spacial score (nSPS) is 9.63. The molecule has 0 radical (unpaired) electrons. The Kier molecular flexibility index (Phi) is 4.00. The third kappa shape index (κ3) is 3.72. The average Bonchev–Trinajstić information content (AvgIpc) is 2.85. The smallest absolute Gasteiger partial charge is 0.316 e. The van der Waals surface area contributed by atoms with E-state index in [0.717, 1.165) is 10.6 Å². The maximum atomic E-state index is 10.7. The number of benzene rings is 1. The Morgan fingerprint density at radius 3 is 2.47 bits per heavy atom. The lowest BCUT2D eigenvalue weighted by Gasteiger charge is -2.06. The van der Waals surface area contributed by atoms with Gasteiger partial charge < -0.3 is 16.4 Å². The number of thiophene rings is 1. The molecule has 6 heteroatoms. The number of amides is 2. The standard InChI is InChI=1S/C13H12N4OS/c14-7-11-5-6-12(19-11)8-16-9-1-3-10(4-2-9)17-13(15)18/h1-6,16H,8H2,(H3,15,17,18). The van der Waals surface area contributed by atoms with E-state index in [1.165, 1.54) is 11.3 Å². The molecule has 0 spiro atoms. The average molecular weight is 272 g/mol. The molecule has 2 rings (SSSR count). The fourth-order valence-electron chi connectivity index (χ4n) is 1.54. The van der Waals surface area contributed by atoms with Gasteiger partial charge in [-0.15, -0.1) is 11.3 Å². The molecule has 96 valence electrons. The second-order valence-corrected chi connectivity index (χ2v) is 4.97. The molecule has 0 bridgehead atoms. The fourth-order valence-corrected chi connectivity index (χ4v) is 2.28. The number of nitrogens with zero attached hydrogens (tertiary/aromatic N) is 1. The zero-order valence-electron chi connectivity index (χ0n) is 10.0. The van der Waals surface area contributed by atoms with Crippen LogP contribution in [-0.4, -0.2) is 6.03 Å². The monoisotopic (exact) mass is 272 g/mol. The van der Waals surface area contributed by atoms with E-state index in [4.69, 9.17) is 11.0 Å². The van der Waals surface area contributed by atoms with Crippen molar-refractivity contribution in [2.75, 3.05) is 10.6 Å². The molecule has 0 saturated carbocycles. The van der Waals surface area contributed by atoms with Gasteiger partial charge in [0.1, 0.15) is 10.9 Å². The highest BCUT2D eigenvalue weighted by atomic mass is 32.1. The summed E-state index contributed by atoms with van der Waals surface area (Å²) in [5.74, 6) is 0. The highest BCUT2D eigenvalue weighted by Crippen LogP contribution is 2.18. The largest absolute Gasteiger partial charge is 0.380 e. The van der Waals surface area contributed by atoms with Gasteiger partial charge in [-0.25, -0.2) is 4.79 Å². The van der Waals surface area contributed by atoms with E-state index in [9.17, 15) is 4.79 Å². The van der Waals surface area contributed by atoms with E-state index < -0.39 is 6.03 Å². The van der Waals surface area contributed by atoms with Crippen molar-refractivity contribution in [2.24, 2.45) is 5.73 Å². The van der Waals surface area contributed by atoms with E-state index in [0.29, 0.717) is 17.1 Å². The molecule has 1 aromatic heterocycles. The lowest BCUT2D eigenvalue weighted by Crippen LogP contribution is -2.19. The summed E-state index contributed by atoms with van der Waals surface area (Å²) in [6.07, 6.45) is 0. The Morgan fingerprint density at radius 2 is 1.89 bits per heavy atom. The van der Waals surface area contributed by atoms with Crippen LogP contribution in [0.5, 0.6) is 0 Å². The van der Waals surface area contributed by atoms with E-state index in [-0.39, 0.29) is 0 Å². The number of carbonyl (C=O) groups is 1. The van der Waals surface area contributed by atoms with Gasteiger partial charge >= 0.3 is 6.03 Å². The third-order valence-electron chi connectivity index (χ3n) is 2.39. The van der Waals surface area contributed by atoms with Crippen LogP contribution in [0.1, 0.15) is 9.75 Å². The van der Waals surface area contributed by atoms with Crippen LogP contribution in [0.15, 0.2) is 36.4 Å². The summed E-state index contributed by atoms with van der Waals surface area (Å²) < 4.78 is 0. The van der Waals surface area contributed by atoms with E-state index in [1.807, 2.05) is 24.3 Å². The Hall–Kier alpha value is -2.52. The zero-order chi connectivity index (χ0) is 13.7. The molecule has 0 aliphatic heterocycles. The van der Waals surface area contributed by atoms with Crippen molar-refractivity contribution in [3.8, 4) is 6.07 Å². The number of anilines is 2. The number of hydrogen-bond donors (Lipinski definition) is 3. The van der Waals surface area contributed by atoms with E-state index >= 15 is 0 Å². The van der Waals surface area contributed by atoms with Crippen LogP contribution < -0.4 is 16.4 Å². The summed E-state index contributed by atoms with van der Waals surface area (Å²) in [7, 11) is 0. The maximum Gasteiger partial charge on any atom is 0.316 e. The Balaban J connectivity index is 1.93. The summed E-state index contributed by atoms with van der Waals surface area (Å²) in [6, 6.07) is 12.5. The van der Waals surface area contributed by atoms with Crippen LogP contribution in [0.3, 0.4) is 0 Å². The fraction of sp³-hybridized carbons (Fsp3) is 0.0769. The Labute approximate surface area is 114 Å². The van der Waals surface area contributed by atoms with Gasteiger partial charge in [0.15, 0.2) is 0 Å². The minimum atomic E-state index is -0.580. The summed E-state index contributed by atoms with van der Waals surface area (Å²) in [4.78, 5) is 12.5. The molecule has 0 unspecified atom stereocenters. The number of nitriles is 1. The van der Waals surface area contributed by atoms with Gasteiger partial charge in [-0.05, 0) is 36.4 Å². The topological polar surface area (TPSA) is 90.9 Å². The minimum absolute atomic E-state index is 0.580. The van der Waals surface area contributed by atoms with Crippen molar-refractivity contribution in [1.82, 2.24) is 0 Å². The summed E-state index contributed by atoms with van der Waals surface area (Å²) >= 11 is 1.47. The number of primary amides is 1. The second-order valence-electron chi connectivity index (χ2n) is 3.80. The van der Waals surface area contributed by atoms with Crippen molar-refractivity contribution < 1.29 is 4.79 Å². The van der Waals surface area contributed by atoms with Gasteiger partial charge in [0.05, 0.1) is 0 Å². The Bertz CT molecular complexity index is 612. The number of urea groups is 1. The van der Waals surface area contributed by atoms with Crippen LogP contribution >= 0.6 is 11.3 Å². The molecule has 0 aliphatic carbocycles. The third-order valence-corrected chi connectivity index (χ3v) is 3.38. The van der Waals surface area contributed by atoms with Gasteiger partial charge in [-0.1, -0.05) is 0 Å². The summed E-state index contributed by atoms with van der Waals surface area (Å²) in [6.45, 7) is 0.662. The molecule has 19 heavy (non-hydrogen) atoms. The van der Waals surface area contributed by atoms with Gasteiger partial charge in [0, 0.05) is 22.8 Å². The van der Waals surface area contributed by atoms with Crippen LogP contribution in [0, 0.1) is 11.3 Å². The molecule has 1 aromatic carbocycles. The molecule has 0 fully saturated rings. The number of nitrogens with one attached hydrogen (secondary N) is 2. The first-order valence-electron chi connectivity index (χ1n) is 5.56. The molecule has 2 aromatic rings. The van der Waals surface area contributed by atoms with Gasteiger partial charge in [0.2, 0.25) is 0 Å². The van der Waals surface area contributed by atoms with Crippen molar-refractivity contribution in [3.05, 3.63) is 46.2 Å². The van der Waals surface area contributed by atoms with Crippen LogP contribution in [0.4, 0.5) is 16.2 Å². The predicted molar refractivity (Wildman–Crippen MR) is 76.0 cm³/mol. The van der Waals surface area contributed by atoms with Gasteiger partial charge in [-0.3, -0.25) is 0 Å². The van der Waals surface area contributed by atoms with Crippen LogP contribution in [0.25, 0.3) is 0 Å². The van der Waals surface area contributed by atoms with Crippen molar-refractivity contribution in [3.63, 3.8) is 0 Å². The number of hydrogen-bond acceptors (Lipinski definition) is 4. The maximum absolute atomic E-state index is 10.7. The second kappa shape index (κ2) is 5.89. The first-order chi connectivity index (χ1) is 9.17. The predicted octanol–water partition coefficient (Wildman–Crippen LogP) is 2.72. The molecular formula is C13H12N4OS. The lowest BCUT2D eigenvalue weighted by molar-refractivity contribution is 0.259. The quantitative estimate of drug-likeness (QED) is 0.799. The highest BCUT2D eigenvalue weighted by Gasteiger charge is 2.00. The van der Waals surface area contributed by atoms with Crippen molar-refractivity contribution in [2.45, 2.75) is 6.54 Å². The highest BCUT2D eigenvalue weighted by molar-refractivity contribution is 7.12. The SMILES string of the molecule is N#Cc1ccc(CNc2ccc(NC(N)=O)cc2)s1. The molecule has 0 aliphatic rings. The van der Waals surface area contributed by atoms with Crippen molar-refractivity contribution in [1.29, 1.82) is 5.26 Å². The molecule has 4 N–H and O–H groups in total. The first-order valence-corrected chi connectivity index (χ1v) is 6.38. The van der Waals surface area contributed by atoms with E-state index in [2.05, 4.69) is 16.7 Å². The first kappa shape index (κ1) is 12.9. The van der Waals surface area contributed by atoms with Crippen LogP contribution in [-0.2, 0) is 6.54 Å². The molecule has 0 saturated heterocycles. The molecule has 0 atom stereocenters. The van der Waals surface area contributed by atoms with Gasteiger partial charge in [0.25, 0.3) is 0 Å².